The summed E-state index contributed by atoms with van der Waals surface area (Å²) in [6, 6.07) is 13.5. The maximum Gasteiger partial charge on any atom is 0.250 e. The SMILES string of the molecule is CC[C@H](C)N1C(=O)[C@H]2[C@@H](C1=O)[C@@]1(N[C@@H]2Cc2ccc(O)cc2)C(=O)Nc2ccccc21. The van der Waals surface area contributed by atoms with Crippen LogP contribution in [0.15, 0.2) is 48.5 Å². The van der Waals surface area contributed by atoms with Crippen LogP contribution in [0.5, 0.6) is 5.75 Å². The number of phenols is 1. The van der Waals surface area contributed by atoms with Crippen LogP contribution in [0.25, 0.3) is 0 Å². The molecule has 3 heterocycles. The third-order valence-corrected chi connectivity index (χ3v) is 7.08. The molecule has 2 aromatic rings. The van der Waals surface area contributed by atoms with Crippen LogP contribution < -0.4 is 10.6 Å². The van der Waals surface area contributed by atoms with Gasteiger partial charge in [-0.2, -0.15) is 0 Å². The number of nitrogens with one attached hydrogen (secondary N) is 2. The Balaban J connectivity index is 1.62. The molecule has 3 aliphatic rings. The Kier molecular flexibility index (Phi) is 4.41. The van der Waals surface area contributed by atoms with Crippen molar-refractivity contribution in [3.05, 3.63) is 59.7 Å². The lowest BCUT2D eigenvalue weighted by molar-refractivity contribution is -0.145. The number of carbonyl (C=O) groups excluding carboxylic acids is 3. The van der Waals surface area contributed by atoms with Crippen molar-refractivity contribution in [2.24, 2.45) is 11.8 Å². The van der Waals surface area contributed by atoms with Gasteiger partial charge in [-0.05, 0) is 43.5 Å². The number of imide groups is 1. The molecule has 0 aliphatic carbocycles. The maximum atomic E-state index is 13.6. The van der Waals surface area contributed by atoms with E-state index >= 15 is 0 Å². The van der Waals surface area contributed by atoms with E-state index in [1.807, 2.05) is 38.1 Å². The van der Waals surface area contributed by atoms with E-state index < -0.39 is 23.4 Å². The van der Waals surface area contributed by atoms with Gasteiger partial charge < -0.3 is 10.4 Å². The minimum atomic E-state index is -1.27. The number of benzene rings is 2. The zero-order chi connectivity index (χ0) is 21.9. The molecule has 0 radical (unpaired) electrons. The van der Waals surface area contributed by atoms with Crippen LogP contribution in [0.4, 0.5) is 5.69 Å². The molecule has 0 aromatic heterocycles. The first kappa shape index (κ1) is 19.8. The highest BCUT2D eigenvalue weighted by molar-refractivity contribution is 6.15. The average molecular weight is 419 g/mol. The van der Waals surface area contributed by atoms with E-state index in [4.69, 9.17) is 0 Å². The Labute approximate surface area is 180 Å². The molecule has 2 fully saturated rings. The first-order chi connectivity index (χ1) is 14.9. The summed E-state index contributed by atoms with van der Waals surface area (Å²) in [5.41, 5.74) is 1.04. The fraction of sp³-hybridized carbons (Fsp3) is 0.375. The van der Waals surface area contributed by atoms with E-state index in [9.17, 15) is 19.5 Å². The highest BCUT2D eigenvalue weighted by Crippen LogP contribution is 2.53. The largest absolute Gasteiger partial charge is 0.508 e. The molecule has 31 heavy (non-hydrogen) atoms. The Morgan fingerprint density at radius 3 is 2.48 bits per heavy atom. The second-order valence-electron chi connectivity index (χ2n) is 8.74. The Bertz CT molecular complexity index is 1080. The summed E-state index contributed by atoms with van der Waals surface area (Å²) in [6.45, 7) is 3.81. The number of para-hydroxylation sites is 1. The minimum absolute atomic E-state index is 0.164. The Morgan fingerprint density at radius 2 is 1.77 bits per heavy atom. The predicted molar refractivity (Wildman–Crippen MR) is 114 cm³/mol. The van der Waals surface area contributed by atoms with E-state index in [0.717, 1.165) is 11.1 Å². The average Bonchev–Trinajstić information content (AvgIpc) is 3.34. The third kappa shape index (κ3) is 2.66. The molecule has 2 saturated heterocycles. The number of hydrogen-bond acceptors (Lipinski definition) is 5. The Morgan fingerprint density at radius 1 is 1.06 bits per heavy atom. The number of fused-ring (bicyclic) bond motifs is 4. The van der Waals surface area contributed by atoms with Crippen molar-refractivity contribution in [1.82, 2.24) is 10.2 Å². The monoisotopic (exact) mass is 419 g/mol. The van der Waals surface area contributed by atoms with Crippen molar-refractivity contribution in [2.75, 3.05) is 5.32 Å². The molecule has 0 saturated carbocycles. The van der Waals surface area contributed by atoms with Gasteiger partial charge in [0.15, 0.2) is 0 Å². The molecule has 3 amide bonds. The molecule has 3 aliphatic heterocycles. The van der Waals surface area contributed by atoms with Crippen molar-refractivity contribution in [3.8, 4) is 5.75 Å². The predicted octanol–water partition coefficient (Wildman–Crippen LogP) is 2.15. The topological polar surface area (TPSA) is 98.7 Å². The second kappa shape index (κ2) is 6.92. The van der Waals surface area contributed by atoms with Crippen LogP contribution in [-0.4, -0.2) is 39.8 Å². The van der Waals surface area contributed by atoms with Gasteiger partial charge in [0.25, 0.3) is 0 Å². The number of rotatable bonds is 4. The molecule has 5 atom stereocenters. The molecule has 7 nitrogen and oxygen atoms in total. The first-order valence-electron chi connectivity index (χ1n) is 10.7. The number of likely N-dealkylation sites (tertiary alicyclic amines) is 1. The molecule has 7 heteroatoms. The number of aromatic hydroxyl groups is 1. The molecule has 160 valence electrons. The van der Waals surface area contributed by atoms with Crippen molar-refractivity contribution in [3.63, 3.8) is 0 Å². The van der Waals surface area contributed by atoms with Gasteiger partial charge in [-0.25, -0.2) is 0 Å². The van der Waals surface area contributed by atoms with Gasteiger partial charge in [0.2, 0.25) is 17.7 Å². The summed E-state index contributed by atoms with van der Waals surface area (Å²) >= 11 is 0. The third-order valence-electron chi connectivity index (χ3n) is 7.08. The smallest absolute Gasteiger partial charge is 0.250 e. The standard InChI is InChI=1S/C24H25N3O4/c1-3-13(2)27-21(29)19-18(12-14-8-10-15(28)11-9-14)26-24(20(19)22(27)30)16-6-4-5-7-17(16)25-23(24)31/h4-11,13,18-20,26,28H,3,12H2,1-2H3,(H,25,31)/t13-,18+,19+,20-,24+/m0/s1. The van der Waals surface area contributed by atoms with Crippen molar-refractivity contribution < 1.29 is 19.5 Å². The summed E-state index contributed by atoms with van der Waals surface area (Å²) in [6.07, 6.45) is 1.12. The van der Waals surface area contributed by atoms with E-state index in [2.05, 4.69) is 10.6 Å². The Hall–Kier alpha value is -3.19. The number of carbonyl (C=O) groups is 3. The lowest BCUT2D eigenvalue weighted by atomic mass is 9.76. The molecule has 3 N–H and O–H groups in total. The van der Waals surface area contributed by atoms with Gasteiger partial charge >= 0.3 is 0 Å². The van der Waals surface area contributed by atoms with Crippen molar-refractivity contribution in [2.45, 2.75) is 44.3 Å². The molecular weight excluding hydrogens is 394 g/mol. The van der Waals surface area contributed by atoms with Crippen LogP contribution in [0.2, 0.25) is 0 Å². The van der Waals surface area contributed by atoms with Gasteiger partial charge in [-0.3, -0.25) is 24.6 Å². The normalized spacial score (nSPS) is 29.9. The van der Waals surface area contributed by atoms with E-state index in [-0.39, 0.29) is 29.5 Å². The molecular formula is C24H25N3O4. The van der Waals surface area contributed by atoms with E-state index in [0.29, 0.717) is 18.5 Å². The fourth-order valence-electron chi connectivity index (χ4n) is 5.46. The van der Waals surface area contributed by atoms with Crippen LogP contribution in [-0.2, 0) is 26.3 Å². The van der Waals surface area contributed by atoms with Gasteiger partial charge in [-0.15, -0.1) is 0 Å². The number of hydrogen-bond donors (Lipinski definition) is 3. The lowest BCUT2D eigenvalue weighted by Gasteiger charge is -2.31. The summed E-state index contributed by atoms with van der Waals surface area (Å²) in [4.78, 5) is 41.8. The zero-order valence-electron chi connectivity index (χ0n) is 17.5. The van der Waals surface area contributed by atoms with Crippen LogP contribution in [0.1, 0.15) is 31.4 Å². The highest BCUT2D eigenvalue weighted by Gasteiger charge is 2.70. The summed E-state index contributed by atoms with van der Waals surface area (Å²) < 4.78 is 0. The maximum absolute atomic E-state index is 13.6. The number of phenolic OH excluding ortho intramolecular Hbond substituents is 1. The van der Waals surface area contributed by atoms with Crippen LogP contribution >= 0.6 is 0 Å². The molecule has 2 aromatic carbocycles. The summed E-state index contributed by atoms with van der Waals surface area (Å²) in [7, 11) is 0. The molecule has 5 rings (SSSR count). The van der Waals surface area contributed by atoms with Crippen molar-refractivity contribution in [1.29, 1.82) is 0 Å². The quantitative estimate of drug-likeness (QED) is 0.660. The highest BCUT2D eigenvalue weighted by atomic mass is 16.3. The fourth-order valence-corrected chi connectivity index (χ4v) is 5.46. The minimum Gasteiger partial charge on any atom is -0.508 e. The van der Waals surface area contributed by atoms with E-state index in [1.165, 1.54) is 4.90 Å². The van der Waals surface area contributed by atoms with Gasteiger partial charge in [0.05, 0.1) is 11.8 Å². The van der Waals surface area contributed by atoms with E-state index in [1.54, 1.807) is 24.3 Å². The van der Waals surface area contributed by atoms with Gasteiger partial charge in [0.1, 0.15) is 11.3 Å². The molecule has 0 unspecified atom stereocenters. The van der Waals surface area contributed by atoms with Gasteiger partial charge in [-0.1, -0.05) is 37.3 Å². The van der Waals surface area contributed by atoms with Crippen LogP contribution in [0.3, 0.4) is 0 Å². The summed E-state index contributed by atoms with van der Waals surface area (Å²) in [5, 5.41) is 15.9. The lowest BCUT2D eigenvalue weighted by Crippen LogP contribution is -2.54. The second-order valence-corrected chi connectivity index (χ2v) is 8.74. The number of anilines is 1. The first-order valence-corrected chi connectivity index (χ1v) is 10.7. The zero-order valence-corrected chi connectivity index (χ0v) is 17.5. The molecule has 1 spiro atoms. The van der Waals surface area contributed by atoms with Crippen LogP contribution in [0, 0.1) is 11.8 Å². The number of amides is 3. The van der Waals surface area contributed by atoms with Crippen molar-refractivity contribution >= 4 is 23.4 Å². The molecule has 0 bridgehead atoms. The summed E-state index contributed by atoms with van der Waals surface area (Å²) in [5.74, 6) is -2.04. The number of nitrogens with zero attached hydrogens (tertiary/aromatic N) is 1. The van der Waals surface area contributed by atoms with Gasteiger partial charge in [0, 0.05) is 23.3 Å².